The maximum Gasteiger partial charge on any atom is 0.101 e. The summed E-state index contributed by atoms with van der Waals surface area (Å²) in [4.78, 5) is 10.1. The number of rotatable bonds is 14. The van der Waals surface area contributed by atoms with Crippen LogP contribution in [0.2, 0.25) is 0 Å². The van der Waals surface area contributed by atoms with E-state index in [4.69, 9.17) is 5.11 Å². The van der Waals surface area contributed by atoms with E-state index in [1.165, 1.54) is 57.8 Å². The lowest BCUT2D eigenvalue weighted by Crippen LogP contribution is -2.36. The minimum atomic E-state index is -0.907. The number of aliphatic carboxylic acids is 1. The number of likely N-dealkylation sites (N-methyl/N-ethyl adjacent to an activating group) is 1. The number of hydrogen-bond acceptors (Lipinski definition) is 3. The van der Waals surface area contributed by atoms with E-state index in [2.05, 4.69) is 28.1 Å². The zero-order valence-corrected chi connectivity index (χ0v) is 17.3. The molecule has 0 radical (unpaired) electrons. The third-order valence-electron chi connectivity index (χ3n) is 3.76. The number of unbranched alkanes of at least 4 members (excludes halogenated alkanes) is 10. The average Bonchev–Trinajstić information content (AvgIpc) is 2.44. The molecule has 0 fully saturated rings. The number of nitrogens with zero attached hydrogens (tertiary/aromatic N) is 1. The molecule has 0 unspecified atom stereocenters. The van der Waals surface area contributed by atoms with Gasteiger partial charge in [-0.2, -0.15) is 0 Å². The first kappa shape index (κ1) is 28.5. The van der Waals surface area contributed by atoms with Crippen molar-refractivity contribution in [1.29, 1.82) is 0 Å². The number of hydrogen-bond donors (Lipinski definition) is 1. The second kappa shape index (κ2) is 20.7. The first-order valence-electron chi connectivity index (χ1n) is 9.44. The normalized spacial score (nSPS) is 10.5. The minimum absolute atomic E-state index is 0. The quantitative estimate of drug-likeness (QED) is 0.377. The van der Waals surface area contributed by atoms with Crippen LogP contribution in [-0.4, -0.2) is 49.9 Å². The van der Waals surface area contributed by atoms with Crippen molar-refractivity contribution < 1.29 is 19.5 Å². The number of carbonyl (C=O) groups is 1. The molecule has 1 N–H and O–H groups in total. The van der Waals surface area contributed by atoms with Gasteiger partial charge in [-0.3, -0.25) is 0 Å². The number of carboxylic acid groups (broad SMARTS) is 1. The van der Waals surface area contributed by atoms with Crippen LogP contribution in [0, 0.1) is 0 Å². The van der Waals surface area contributed by atoms with Gasteiger partial charge >= 0.3 is 0 Å². The smallest absolute Gasteiger partial charge is 0.101 e. The van der Waals surface area contributed by atoms with E-state index in [1.54, 1.807) is 0 Å². The summed E-state index contributed by atoms with van der Waals surface area (Å²) in [5, 5.41) is 18.5. The Bertz CT molecular complexity index is 255. The first-order valence-corrected chi connectivity index (χ1v) is 9.44. The number of aliphatic hydroxyl groups excluding tert-OH is 1. The summed E-state index contributed by atoms with van der Waals surface area (Å²) in [6, 6.07) is 0. The second-order valence-electron chi connectivity index (χ2n) is 7.40. The molecule has 0 aromatic rings. The molecule has 0 aliphatic heterocycles. The molecule has 0 saturated carbocycles. The van der Waals surface area contributed by atoms with Gasteiger partial charge in [0.05, 0.1) is 27.7 Å². The van der Waals surface area contributed by atoms with Crippen LogP contribution < -0.4 is 5.11 Å². The molecule has 24 heavy (non-hydrogen) atoms. The maximum atomic E-state index is 10.1. The van der Waals surface area contributed by atoms with E-state index in [1.807, 2.05) is 0 Å². The molecule has 0 atom stereocenters. The van der Waals surface area contributed by atoms with Crippen molar-refractivity contribution in [2.24, 2.45) is 0 Å². The van der Waals surface area contributed by atoms with Gasteiger partial charge in [0, 0.05) is 5.97 Å². The van der Waals surface area contributed by atoms with Gasteiger partial charge in [-0.05, 0) is 12.8 Å². The predicted molar refractivity (Wildman–Crippen MR) is 103 cm³/mol. The van der Waals surface area contributed by atoms with Gasteiger partial charge in [0.1, 0.15) is 6.54 Å². The molecule has 0 heterocycles. The van der Waals surface area contributed by atoms with E-state index < -0.39 is 5.97 Å². The van der Waals surface area contributed by atoms with Crippen LogP contribution in [0.1, 0.15) is 84.0 Å². The fourth-order valence-corrected chi connectivity index (χ4v) is 2.23. The molecule has 0 saturated heterocycles. The first-order chi connectivity index (χ1) is 10.8. The molecule has 0 aromatic carbocycles. The van der Waals surface area contributed by atoms with Gasteiger partial charge in [0.2, 0.25) is 0 Å². The zero-order chi connectivity index (χ0) is 18.0. The number of halogens is 1. The van der Waals surface area contributed by atoms with Gasteiger partial charge in [-0.15, -0.1) is 12.4 Å². The Kier molecular flexibility index (Phi) is 24.6. The second-order valence-corrected chi connectivity index (χ2v) is 7.40. The molecule has 0 rings (SSSR count). The minimum Gasteiger partial charge on any atom is -0.550 e. The third kappa shape index (κ3) is 33.3. The van der Waals surface area contributed by atoms with Crippen LogP contribution in [-0.2, 0) is 4.79 Å². The van der Waals surface area contributed by atoms with E-state index in [0.29, 0.717) is 0 Å². The molecule has 0 spiro atoms. The molecule has 0 aliphatic rings. The fourth-order valence-electron chi connectivity index (χ4n) is 2.23. The standard InChI is InChI=1S/C14H28O2.C5H14NO.ClH/c1-2-3-4-5-6-7-8-9-10-11-12-13-14(15)16;1-6(2,3)4-5-7;/h2-13H2,1H3,(H,15,16);7H,4-5H2,1-3H3;1H/q;+1;/p-1. The van der Waals surface area contributed by atoms with E-state index in [-0.39, 0.29) is 25.4 Å². The summed E-state index contributed by atoms with van der Waals surface area (Å²) in [5.74, 6) is -0.907. The largest absolute Gasteiger partial charge is 0.550 e. The summed E-state index contributed by atoms with van der Waals surface area (Å²) in [5.41, 5.74) is 0. The monoisotopic (exact) mass is 367 g/mol. The average molecular weight is 368 g/mol. The van der Waals surface area contributed by atoms with Gasteiger partial charge in [-0.1, -0.05) is 71.1 Å². The molecule has 0 bridgehead atoms. The van der Waals surface area contributed by atoms with Crippen LogP contribution in [0.3, 0.4) is 0 Å². The fraction of sp³-hybridized carbons (Fsp3) is 0.947. The summed E-state index contributed by atoms with van der Waals surface area (Å²) in [6.45, 7) is 3.36. The molecule has 4 nitrogen and oxygen atoms in total. The van der Waals surface area contributed by atoms with Gasteiger partial charge in [0.25, 0.3) is 0 Å². The maximum absolute atomic E-state index is 10.1. The van der Waals surface area contributed by atoms with Crippen LogP contribution in [0.5, 0.6) is 0 Å². The summed E-state index contributed by atoms with van der Waals surface area (Å²) >= 11 is 0. The predicted octanol–water partition coefficient (Wildman–Crippen LogP) is 3.54. The van der Waals surface area contributed by atoms with Gasteiger partial charge in [0.15, 0.2) is 0 Å². The molecule has 5 heteroatoms. The van der Waals surface area contributed by atoms with Crippen LogP contribution in [0.4, 0.5) is 0 Å². The summed E-state index contributed by atoms with van der Waals surface area (Å²) in [7, 11) is 6.16. The number of aliphatic hydroxyl groups is 1. The Morgan fingerprint density at radius 2 is 1.21 bits per heavy atom. The van der Waals surface area contributed by atoms with Crippen molar-refractivity contribution in [2.45, 2.75) is 84.0 Å². The van der Waals surface area contributed by atoms with Crippen molar-refractivity contribution in [3.8, 4) is 0 Å². The Morgan fingerprint density at radius 3 is 1.46 bits per heavy atom. The highest BCUT2D eigenvalue weighted by Crippen LogP contribution is 2.11. The Hall–Kier alpha value is -0.320. The molecule has 0 aromatic heterocycles. The zero-order valence-electron chi connectivity index (χ0n) is 16.5. The summed E-state index contributed by atoms with van der Waals surface area (Å²) < 4.78 is 0.844. The summed E-state index contributed by atoms with van der Waals surface area (Å²) in [6.07, 6.45) is 14.0. The Balaban J connectivity index is -0.000000468. The van der Waals surface area contributed by atoms with Crippen molar-refractivity contribution in [1.82, 2.24) is 0 Å². The molecule has 0 aliphatic carbocycles. The molecule has 0 amide bonds. The molecular weight excluding hydrogens is 326 g/mol. The highest BCUT2D eigenvalue weighted by atomic mass is 35.5. The molecular formula is C19H42ClNO3. The van der Waals surface area contributed by atoms with Crippen molar-refractivity contribution in [3.05, 3.63) is 0 Å². The third-order valence-corrected chi connectivity index (χ3v) is 3.76. The Morgan fingerprint density at radius 1 is 0.833 bits per heavy atom. The lowest BCUT2D eigenvalue weighted by atomic mass is 10.1. The van der Waals surface area contributed by atoms with Gasteiger partial charge in [-0.25, -0.2) is 0 Å². The SMILES string of the molecule is CCCCCCCCCCCCCC(=O)[O-].C[N+](C)(C)CCO.Cl. The van der Waals surface area contributed by atoms with Crippen LogP contribution >= 0.6 is 12.4 Å². The lowest BCUT2D eigenvalue weighted by molar-refractivity contribution is -0.870. The highest BCUT2D eigenvalue weighted by molar-refractivity contribution is 5.85. The van der Waals surface area contributed by atoms with E-state index in [9.17, 15) is 9.90 Å². The van der Waals surface area contributed by atoms with Gasteiger partial charge < -0.3 is 19.5 Å². The van der Waals surface area contributed by atoms with E-state index in [0.717, 1.165) is 23.9 Å². The topological polar surface area (TPSA) is 60.4 Å². The number of quaternary nitrogens is 1. The van der Waals surface area contributed by atoms with Crippen LogP contribution in [0.25, 0.3) is 0 Å². The van der Waals surface area contributed by atoms with Crippen molar-refractivity contribution in [3.63, 3.8) is 0 Å². The highest BCUT2D eigenvalue weighted by Gasteiger charge is 2.02. The Labute approximate surface area is 156 Å². The van der Waals surface area contributed by atoms with Crippen LogP contribution in [0.15, 0.2) is 0 Å². The number of carbonyl (C=O) groups excluding carboxylic acids is 1. The van der Waals surface area contributed by atoms with Crippen molar-refractivity contribution in [2.75, 3.05) is 34.3 Å². The molecule has 148 valence electrons. The van der Waals surface area contributed by atoms with E-state index >= 15 is 0 Å². The van der Waals surface area contributed by atoms with Crippen molar-refractivity contribution >= 4 is 18.4 Å². The number of carboxylic acids is 1. The lowest BCUT2D eigenvalue weighted by Gasteiger charge is -2.21.